The Balaban J connectivity index is 2.45. The second-order valence-electron chi connectivity index (χ2n) is 4.20. The highest BCUT2D eigenvalue weighted by Gasteiger charge is 2.30. The van der Waals surface area contributed by atoms with Crippen LogP contribution in [0.5, 0.6) is 0 Å². The van der Waals surface area contributed by atoms with Gasteiger partial charge in [-0.1, -0.05) is 6.92 Å². The van der Waals surface area contributed by atoms with Gasteiger partial charge in [0.25, 0.3) is 0 Å². The van der Waals surface area contributed by atoms with Gasteiger partial charge in [-0.2, -0.15) is 5.06 Å². The Morgan fingerprint density at radius 3 is 2.83 bits per heavy atom. The number of hydrazine groups is 1. The summed E-state index contributed by atoms with van der Waals surface area (Å²) in [5.41, 5.74) is 0.149. The summed E-state index contributed by atoms with van der Waals surface area (Å²) in [4.78, 5) is 0. The van der Waals surface area contributed by atoms with Crippen LogP contribution in [0.25, 0.3) is 0 Å². The van der Waals surface area contributed by atoms with Gasteiger partial charge in [-0.25, -0.2) is 5.01 Å². The molecule has 1 unspecified atom stereocenters. The summed E-state index contributed by atoms with van der Waals surface area (Å²) in [5.74, 6) is 5.72. The highest BCUT2D eigenvalue weighted by Crippen LogP contribution is 2.28. The molecule has 1 heterocycles. The Labute approximate surface area is 73.9 Å². The molecule has 0 aromatic rings. The Morgan fingerprint density at radius 2 is 2.33 bits per heavy atom. The number of rotatable bonds is 2. The maximum absolute atomic E-state index is 9.13. The van der Waals surface area contributed by atoms with Crippen LogP contribution in [0.4, 0.5) is 0 Å². The van der Waals surface area contributed by atoms with Gasteiger partial charge in [-0.05, 0) is 18.3 Å². The molecule has 3 N–H and O–H groups in total. The van der Waals surface area contributed by atoms with Crippen LogP contribution in [0.1, 0.15) is 19.8 Å². The van der Waals surface area contributed by atoms with Gasteiger partial charge in [0.2, 0.25) is 0 Å². The summed E-state index contributed by atoms with van der Waals surface area (Å²) < 4.78 is 0. The zero-order valence-corrected chi connectivity index (χ0v) is 7.95. The molecule has 1 aliphatic rings. The van der Waals surface area contributed by atoms with Gasteiger partial charge in [0.05, 0.1) is 0 Å². The van der Waals surface area contributed by atoms with E-state index in [0.717, 1.165) is 25.9 Å². The molecule has 0 aliphatic carbocycles. The first-order chi connectivity index (χ1) is 5.52. The number of nitrogens with zero attached hydrogens (tertiary/aromatic N) is 2. The SMILES string of the molecule is CN(O)CC1(C)CCCN(N)C1. The monoisotopic (exact) mass is 173 g/mol. The van der Waals surface area contributed by atoms with E-state index in [-0.39, 0.29) is 5.41 Å². The van der Waals surface area contributed by atoms with Crippen molar-refractivity contribution in [3.8, 4) is 0 Å². The number of hydrogen-bond donors (Lipinski definition) is 2. The van der Waals surface area contributed by atoms with Gasteiger partial charge >= 0.3 is 0 Å². The van der Waals surface area contributed by atoms with Crippen LogP contribution in [-0.2, 0) is 0 Å². The first-order valence-corrected chi connectivity index (χ1v) is 4.41. The minimum absolute atomic E-state index is 0.149. The van der Waals surface area contributed by atoms with E-state index in [1.165, 1.54) is 5.06 Å². The summed E-state index contributed by atoms with van der Waals surface area (Å²) in [7, 11) is 1.68. The van der Waals surface area contributed by atoms with Crippen LogP contribution in [0.2, 0.25) is 0 Å². The molecule has 0 radical (unpaired) electrons. The van der Waals surface area contributed by atoms with Crippen molar-refractivity contribution < 1.29 is 5.21 Å². The molecule has 0 spiro atoms. The number of piperidine rings is 1. The molecule has 1 fully saturated rings. The van der Waals surface area contributed by atoms with Gasteiger partial charge in [0, 0.05) is 26.7 Å². The van der Waals surface area contributed by atoms with Gasteiger partial charge in [0.15, 0.2) is 0 Å². The highest BCUT2D eigenvalue weighted by molar-refractivity contribution is 4.82. The van der Waals surface area contributed by atoms with Crippen LogP contribution in [0, 0.1) is 5.41 Å². The van der Waals surface area contributed by atoms with Gasteiger partial charge < -0.3 is 5.21 Å². The first kappa shape index (κ1) is 9.92. The Morgan fingerprint density at radius 1 is 1.67 bits per heavy atom. The van der Waals surface area contributed by atoms with Crippen molar-refractivity contribution in [1.82, 2.24) is 10.1 Å². The van der Waals surface area contributed by atoms with Crippen molar-refractivity contribution >= 4 is 0 Å². The molecule has 0 bridgehead atoms. The number of hydrogen-bond acceptors (Lipinski definition) is 4. The molecule has 0 aromatic heterocycles. The molecule has 1 saturated heterocycles. The minimum atomic E-state index is 0.149. The Kier molecular flexibility index (Phi) is 3.06. The van der Waals surface area contributed by atoms with E-state index in [1.807, 2.05) is 5.01 Å². The van der Waals surface area contributed by atoms with E-state index in [4.69, 9.17) is 11.0 Å². The molecule has 0 aromatic carbocycles. The van der Waals surface area contributed by atoms with Crippen LogP contribution in [0.3, 0.4) is 0 Å². The lowest BCUT2D eigenvalue weighted by atomic mass is 9.82. The lowest BCUT2D eigenvalue weighted by molar-refractivity contribution is -0.102. The predicted octanol–water partition coefficient (Wildman–Crippen LogP) is 0.283. The van der Waals surface area contributed by atoms with Crippen molar-refractivity contribution in [2.24, 2.45) is 11.3 Å². The summed E-state index contributed by atoms with van der Waals surface area (Å²) >= 11 is 0. The molecule has 12 heavy (non-hydrogen) atoms. The summed E-state index contributed by atoms with van der Waals surface area (Å²) in [6.07, 6.45) is 2.27. The third kappa shape index (κ3) is 2.71. The van der Waals surface area contributed by atoms with Crippen LogP contribution < -0.4 is 5.84 Å². The Bertz CT molecular complexity index is 147. The third-order valence-electron chi connectivity index (χ3n) is 2.42. The maximum Gasteiger partial charge on any atom is 0.0301 e. The second kappa shape index (κ2) is 3.70. The standard InChI is InChI=1S/C8H19N3O/c1-8(6-10(2)12)4-3-5-11(9)7-8/h12H,3-7,9H2,1-2H3. The molecule has 4 nitrogen and oxygen atoms in total. The van der Waals surface area contributed by atoms with Crippen LogP contribution in [0.15, 0.2) is 0 Å². The van der Waals surface area contributed by atoms with E-state index < -0.39 is 0 Å². The van der Waals surface area contributed by atoms with Crippen molar-refractivity contribution in [2.75, 3.05) is 26.7 Å². The summed E-state index contributed by atoms with van der Waals surface area (Å²) in [6, 6.07) is 0. The summed E-state index contributed by atoms with van der Waals surface area (Å²) in [5, 5.41) is 12.2. The smallest absolute Gasteiger partial charge is 0.0301 e. The molecule has 1 rings (SSSR count). The average molecular weight is 173 g/mol. The van der Waals surface area contributed by atoms with E-state index in [1.54, 1.807) is 7.05 Å². The van der Waals surface area contributed by atoms with Crippen molar-refractivity contribution in [3.63, 3.8) is 0 Å². The van der Waals surface area contributed by atoms with Crippen molar-refractivity contribution in [1.29, 1.82) is 0 Å². The van der Waals surface area contributed by atoms with Gasteiger partial charge in [-0.15, -0.1) is 0 Å². The predicted molar refractivity (Wildman–Crippen MR) is 47.5 cm³/mol. The molecule has 1 aliphatic heterocycles. The zero-order valence-electron chi connectivity index (χ0n) is 7.95. The fourth-order valence-corrected chi connectivity index (χ4v) is 2.04. The first-order valence-electron chi connectivity index (χ1n) is 4.41. The third-order valence-corrected chi connectivity index (χ3v) is 2.42. The minimum Gasteiger partial charge on any atom is -0.314 e. The molecular formula is C8H19N3O. The molecular weight excluding hydrogens is 154 g/mol. The quantitative estimate of drug-likeness (QED) is 0.465. The van der Waals surface area contributed by atoms with E-state index >= 15 is 0 Å². The molecule has 4 heteroatoms. The largest absolute Gasteiger partial charge is 0.314 e. The van der Waals surface area contributed by atoms with Gasteiger partial charge in [-0.3, -0.25) is 5.84 Å². The fourth-order valence-electron chi connectivity index (χ4n) is 2.04. The maximum atomic E-state index is 9.13. The second-order valence-corrected chi connectivity index (χ2v) is 4.20. The van der Waals surface area contributed by atoms with E-state index in [2.05, 4.69) is 6.92 Å². The number of hydroxylamine groups is 2. The molecule has 0 amide bonds. The molecule has 1 atom stereocenters. The van der Waals surface area contributed by atoms with E-state index in [0.29, 0.717) is 6.54 Å². The normalized spacial score (nSPS) is 32.8. The molecule has 0 saturated carbocycles. The van der Waals surface area contributed by atoms with Crippen LogP contribution >= 0.6 is 0 Å². The highest BCUT2D eigenvalue weighted by atomic mass is 16.5. The lowest BCUT2D eigenvalue weighted by Gasteiger charge is -2.39. The van der Waals surface area contributed by atoms with E-state index in [9.17, 15) is 0 Å². The van der Waals surface area contributed by atoms with Crippen molar-refractivity contribution in [2.45, 2.75) is 19.8 Å². The topological polar surface area (TPSA) is 52.7 Å². The Hall–Kier alpha value is -0.160. The average Bonchev–Trinajstić information content (AvgIpc) is 1.82. The molecule has 72 valence electrons. The zero-order chi connectivity index (χ0) is 9.19. The van der Waals surface area contributed by atoms with Crippen molar-refractivity contribution in [3.05, 3.63) is 0 Å². The lowest BCUT2D eigenvalue weighted by Crippen LogP contribution is -2.49. The fraction of sp³-hybridized carbons (Fsp3) is 1.00. The number of nitrogens with two attached hydrogens (primary N) is 1. The van der Waals surface area contributed by atoms with Gasteiger partial charge in [0.1, 0.15) is 0 Å². The summed E-state index contributed by atoms with van der Waals surface area (Å²) in [6.45, 7) is 4.71. The van der Waals surface area contributed by atoms with Crippen LogP contribution in [-0.4, -0.2) is 42.0 Å².